The first-order chi connectivity index (χ1) is 9.25. The van der Waals surface area contributed by atoms with Gasteiger partial charge in [0.2, 0.25) is 0 Å². The second-order valence-electron chi connectivity index (χ2n) is 5.23. The van der Waals surface area contributed by atoms with Crippen molar-refractivity contribution >= 4 is 11.9 Å². The number of esters is 1. The van der Waals surface area contributed by atoms with Crippen LogP contribution in [0.3, 0.4) is 0 Å². The predicted molar refractivity (Wildman–Crippen MR) is 73.2 cm³/mol. The van der Waals surface area contributed by atoms with Crippen LogP contribution in [0.4, 0.5) is 0 Å². The van der Waals surface area contributed by atoms with E-state index in [0.717, 1.165) is 5.69 Å². The van der Waals surface area contributed by atoms with E-state index in [1.165, 1.54) is 0 Å². The molecule has 1 N–H and O–H groups in total. The summed E-state index contributed by atoms with van der Waals surface area (Å²) < 4.78 is 6.61. The highest BCUT2D eigenvalue weighted by molar-refractivity contribution is 5.99. The summed E-state index contributed by atoms with van der Waals surface area (Å²) in [7, 11) is 1.74. The molecule has 20 heavy (non-hydrogen) atoms. The van der Waals surface area contributed by atoms with Crippen molar-refractivity contribution in [2.75, 3.05) is 6.61 Å². The van der Waals surface area contributed by atoms with Crippen LogP contribution in [0.5, 0.6) is 0 Å². The van der Waals surface area contributed by atoms with Crippen molar-refractivity contribution in [2.45, 2.75) is 34.1 Å². The Morgan fingerprint density at radius 2 is 2.10 bits per heavy atom. The van der Waals surface area contributed by atoms with E-state index >= 15 is 0 Å². The monoisotopic (exact) mass is 282 g/mol. The van der Waals surface area contributed by atoms with Crippen molar-refractivity contribution in [3.63, 3.8) is 0 Å². The molecule has 0 aliphatic rings. The van der Waals surface area contributed by atoms with Gasteiger partial charge in [0.15, 0.2) is 5.41 Å². The number of hydrogen-bond acceptors (Lipinski definition) is 4. The number of nitrogens with zero attached hydrogens (tertiary/aromatic N) is 2. The molecular weight excluding hydrogens is 260 g/mol. The first-order valence-electron chi connectivity index (χ1n) is 6.65. The average molecular weight is 282 g/mol. The molecule has 0 aromatic carbocycles. The molecule has 0 bridgehead atoms. The fourth-order valence-electron chi connectivity index (χ4n) is 2.30. The van der Waals surface area contributed by atoms with E-state index < -0.39 is 23.3 Å². The molecule has 1 rings (SSSR count). The summed E-state index contributed by atoms with van der Waals surface area (Å²) in [5.41, 5.74) is -0.1000. The number of carbonyl (C=O) groups is 2. The Labute approximate surface area is 118 Å². The zero-order valence-electron chi connectivity index (χ0n) is 12.6. The Morgan fingerprint density at radius 1 is 1.50 bits per heavy atom. The number of aliphatic carboxylic acids is 1. The van der Waals surface area contributed by atoms with E-state index in [0.29, 0.717) is 5.69 Å². The molecule has 0 saturated carbocycles. The summed E-state index contributed by atoms with van der Waals surface area (Å²) in [4.78, 5) is 24.0. The summed E-state index contributed by atoms with van der Waals surface area (Å²) in [5.74, 6) is -2.25. The summed E-state index contributed by atoms with van der Waals surface area (Å²) in [6, 6.07) is 1.79. The van der Waals surface area contributed by atoms with Crippen LogP contribution in [-0.4, -0.2) is 33.4 Å². The van der Waals surface area contributed by atoms with Crippen molar-refractivity contribution in [2.24, 2.45) is 18.4 Å². The van der Waals surface area contributed by atoms with E-state index in [9.17, 15) is 14.7 Å². The molecule has 0 amide bonds. The number of rotatable bonds is 6. The summed E-state index contributed by atoms with van der Waals surface area (Å²) in [5, 5.41) is 13.8. The molecule has 0 fully saturated rings. The van der Waals surface area contributed by atoms with Gasteiger partial charge in [0.25, 0.3) is 0 Å². The zero-order chi connectivity index (χ0) is 15.5. The Balaban J connectivity index is 3.26. The second kappa shape index (κ2) is 6.07. The van der Waals surface area contributed by atoms with Crippen LogP contribution in [0.15, 0.2) is 6.07 Å². The van der Waals surface area contributed by atoms with Crippen LogP contribution in [0.25, 0.3) is 0 Å². The Kier molecular flexibility index (Phi) is 4.92. The Morgan fingerprint density at radius 3 is 2.45 bits per heavy atom. The SMILES string of the molecule is CCOC(=O)C(Cc1cc(C)nn1C)(C(=O)O)C(C)C. The molecular formula is C14H22N2O4. The van der Waals surface area contributed by atoms with Gasteiger partial charge in [0, 0.05) is 19.2 Å². The van der Waals surface area contributed by atoms with E-state index in [1.54, 1.807) is 38.6 Å². The molecule has 112 valence electrons. The molecule has 0 spiro atoms. The van der Waals surface area contributed by atoms with Crippen LogP contribution >= 0.6 is 0 Å². The third-order valence-corrected chi connectivity index (χ3v) is 3.57. The molecule has 0 saturated heterocycles. The number of carboxylic acids is 1. The highest BCUT2D eigenvalue weighted by Crippen LogP contribution is 2.34. The zero-order valence-corrected chi connectivity index (χ0v) is 12.6. The fourth-order valence-corrected chi connectivity index (χ4v) is 2.30. The Bertz CT molecular complexity index is 507. The number of carboxylic acid groups (broad SMARTS) is 1. The number of aryl methyl sites for hydroxylation is 2. The van der Waals surface area contributed by atoms with Crippen LogP contribution in [0.2, 0.25) is 0 Å². The van der Waals surface area contributed by atoms with Crippen molar-refractivity contribution in [1.29, 1.82) is 0 Å². The highest BCUT2D eigenvalue weighted by atomic mass is 16.5. The first kappa shape index (κ1) is 16.2. The minimum Gasteiger partial charge on any atom is -0.480 e. The number of ether oxygens (including phenoxy) is 1. The van der Waals surface area contributed by atoms with Crippen molar-refractivity contribution < 1.29 is 19.4 Å². The number of aromatic nitrogens is 2. The quantitative estimate of drug-likeness (QED) is 0.632. The number of hydrogen-bond donors (Lipinski definition) is 1. The molecule has 6 nitrogen and oxygen atoms in total. The van der Waals surface area contributed by atoms with Crippen LogP contribution in [-0.2, 0) is 27.8 Å². The van der Waals surface area contributed by atoms with Crippen molar-refractivity contribution in [3.8, 4) is 0 Å². The second-order valence-corrected chi connectivity index (χ2v) is 5.23. The summed E-state index contributed by atoms with van der Waals surface area (Å²) in [6.45, 7) is 7.08. The lowest BCUT2D eigenvalue weighted by atomic mass is 9.73. The molecule has 1 atom stereocenters. The van der Waals surface area contributed by atoms with Gasteiger partial charge in [-0.15, -0.1) is 0 Å². The lowest BCUT2D eigenvalue weighted by Crippen LogP contribution is -2.47. The van der Waals surface area contributed by atoms with Gasteiger partial charge in [0.05, 0.1) is 12.3 Å². The maximum Gasteiger partial charge on any atom is 0.324 e. The summed E-state index contributed by atoms with van der Waals surface area (Å²) >= 11 is 0. The fraction of sp³-hybridized carbons (Fsp3) is 0.643. The normalized spacial score (nSPS) is 14.1. The molecule has 0 radical (unpaired) electrons. The largest absolute Gasteiger partial charge is 0.480 e. The van der Waals surface area contributed by atoms with Gasteiger partial charge >= 0.3 is 11.9 Å². The highest BCUT2D eigenvalue weighted by Gasteiger charge is 2.51. The standard InChI is InChI=1S/C14H22N2O4/c1-6-20-13(19)14(9(2)3,12(17)18)8-11-7-10(4)15-16(11)5/h7,9H,6,8H2,1-5H3,(H,17,18). The molecule has 1 unspecified atom stereocenters. The lowest BCUT2D eigenvalue weighted by Gasteiger charge is -2.30. The molecule has 1 aromatic heterocycles. The van der Waals surface area contributed by atoms with Gasteiger partial charge in [0.1, 0.15) is 0 Å². The molecule has 0 aliphatic heterocycles. The van der Waals surface area contributed by atoms with Gasteiger partial charge in [-0.3, -0.25) is 14.3 Å². The Hall–Kier alpha value is -1.85. The average Bonchev–Trinajstić information content (AvgIpc) is 2.63. The minimum absolute atomic E-state index is 0.0656. The smallest absolute Gasteiger partial charge is 0.324 e. The first-order valence-corrected chi connectivity index (χ1v) is 6.65. The van der Waals surface area contributed by atoms with E-state index in [-0.39, 0.29) is 13.0 Å². The van der Waals surface area contributed by atoms with Crippen molar-refractivity contribution in [1.82, 2.24) is 9.78 Å². The van der Waals surface area contributed by atoms with Crippen LogP contribution in [0, 0.1) is 18.3 Å². The third-order valence-electron chi connectivity index (χ3n) is 3.57. The lowest BCUT2D eigenvalue weighted by molar-refractivity contribution is -0.172. The van der Waals surface area contributed by atoms with Crippen LogP contribution < -0.4 is 0 Å². The summed E-state index contributed by atoms with van der Waals surface area (Å²) in [6.07, 6.45) is 0.0656. The number of carbonyl (C=O) groups excluding carboxylic acids is 1. The van der Waals surface area contributed by atoms with Crippen molar-refractivity contribution in [3.05, 3.63) is 17.5 Å². The van der Waals surface area contributed by atoms with Gasteiger partial charge < -0.3 is 9.84 Å². The third kappa shape index (κ3) is 2.84. The van der Waals surface area contributed by atoms with Gasteiger partial charge in [-0.05, 0) is 25.8 Å². The van der Waals surface area contributed by atoms with Gasteiger partial charge in [-0.1, -0.05) is 13.8 Å². The molecule has 1 aromatic rings. The maximum atomic E-state index is 12.2. The van der Waals surface area contributed by atoms with Gasteiger partial charge in [-0.25, -0.2) is 0 Å². The topological polar surface area (TPSA) is 81.4 Å². The minimum atomic E-state index is -1.59. The maximum absolute atomic E-state index is 12.2. The molecule has 0 aliphatic carbocycles. The predicted octanol–water partition coefficient (Wildman–Crippen LogP) is 1.56. The van der Waals surface area contributed by atoms with E-state index in [2.05, 4.69) is 5.10 Å². The van der Waals surface area contributed by atoms with Crippen LogP contribution in [0.1, 0.15) is 32.2 Å². The molecule has 1 heterocycles. The van der Waals surface area contributed by atoms with Gasteiger partial charge in [-0.2, -0.15) is 5.10 Å². The van der Waals surface area contributed by atoms with E-state index in [1.807, 2.05) is 6.92 Å². The van der Waals surface area contributed by atoms with E-state index in [4.69, 9.17) is 4.74 Å². The molecule has 6 heteroatoms.